The lowest BCUT2D eigenvalue weighted by atomic mass is 9.69. The van der Waals surface area contributed by atoms with E-state index in [1.807, 2.05) is 13.0 Å². The Bertz CT molecular complexity index is 531. The monoisotopic (exact) mass is 260 g/mol. The molecule has 0 atom stereocenters. The summed E-state index contributed by atoms with van der Waals surface area (Å²) in [6.07, 6.45) is 3.48. The summed E-state index contributed by atoms with van der Waals surface area (Å²) in [6, 6.07) is 4.31. The molecule has 1 aromatic carbocycles. The number of rotatable bonds is 1. The van der Waals surface area contributed by atoms with Gasteiger partial charge in [0.2, 0.25) is 5.91 Å². The van der Waals surface area contributed by atoms with E-state index < -0.39 is 0 Å². The normalized spacial score (nSPS) is 29.2. The number of anilines is 1. The highest BCUT2D eigenvalue weighted by Crippen LogP contribution is 2.50. The van der Waals surface area contributed by atoms with Crippen LogP contribution in [0, 0.1) is 6.92 Å². The van der Waals surface area contributed by atoms with Gasteiger partial charge in [-0.05, 0) is 49.8 Å². The van der Waals surface area contributed by atoms with E-state index in [0.29, 0.717) is 0 Å². The molecule has 0 radical (unpaired) electrons. The molecule has 1 spiro atoms. The van der Waals surface area contributed by atoms with Gasteiger partial charge in [-0.1, -0.05) is 6.07 Å². The maximum atomic E-state index is 12.5. The van der Waals surface area contributed by atoms with E-state index in [4.69, 9.17) is 10.5 Å². The minimum absolute atomic E-state index is 0.110. The predicted molar refractivity (Wildman–Crippen MR) is 74.5 cm³/mol. The van der Waals surface area contributed by atoms with Crippen molar-refractivity contribution in [3.63, 3.8) is 0 Å². The number of fused-ring (bicyclic) bond motifs is 2. The molecule has 1 fully saturated rings. The van der Waals surface area contributed by atoms with Gasteiger partial charge < -0.3 is 15.8 Å². The van der Waals surface area contributed by atoms with Crippen molar-refractivity contribution >= 4 is 11.6 Å². The number of amides is 1. The third kappa shape index (κ3) is 1.74. The fourth-order valence-corrected chi connectivity index (χ4v) is 3.41. The highest BCUT2D eigenvalue weighted by molar-refractivity contribution is 6.07. The Balaban J connectivity index is 2.11. The number of aryl methyl sites for hydroxylation is 1. The van der Waals surface area contributed by atoms with Crippen LogP contribution in [0.4, 0.5) is 5.69 Å². The van der Waals surface area contributed by atoms with Gasteiger partial charge in [0.25, 0.3) is 0 Å². The molecule has 1 aliphatic carbocycles. The van der Waals surface area contributed by atoms with E-state index in [2.05, 4.69) is 11.4 Å². The summed E-state index contributed by atoms with van der Waals surface area (Å²) in [5.41, 5.74) is 8.68. The predicted octanol–water partition coefficient (Wildman–Crippen LogP) is 2.09. The van der Waals surface area contributed by atoms with Gasteiger partial charge in [-0.15, -0.1) is 0 Å². The molecule has 19 heavy (non-hydrogen) atoms. The highest BCUT2D eigenvalue weighted by atomic mass is 16.5. The molecule has 3 rings (SSSR count). The van der Waals surface area contributed by atoms with Crippen molar-refractivity contribution < 1.29 is 9.53 Å². The lowest BCUT2D eigenvalue weighted by Crippen LogP contribution is -2.41. The molecule has 1 heterocycles. The standard InChI is InChI=1S/C15H20N2O2/c1-9-7-11-13(12(8-9)19-2)17-14(18)15(11)5-3-10(16)4-6-15/h7-8,10H,3-6,16H2,1-2H3,(H,17,18). The topological polar surface area (TPSA) is 64.3 Å². The summed E-state index contributed by atoms with van der Waals surface area (Å²) in [6.45, 7) is 2.04. The van der Waals surface area contributed by atoms with Crippen molar-refractivity contribution in [2.75, 3.05) is 12.4 Å². The quantitative estimate of drug-likeness (QED) is 0.812. The van der Waals surface area contributed by atoms with Crippen LogP contribution in [-0.2, 0) is 10.2 Å². The lowest BCUT2D eigenvalue weighted by Gasteiger charge is -2.34. The molecule has 1 amide bonds. The summed E-state index contributed by atoms with van der Waals surface area (Å²) in [5.74, 6) is 0.869. The van der Waals surface area contributed by atoms with Gasteiger partial charge in [-0.25, -0.2) is 0 Å². The molecule has 102 valence electrons. The van der Waals surface area contributed by atoms with Crippen LogP contribution in [0.25, 0.3) is 0 Å². The molecule has 4 nitrogen and oxygen atoms in total. The molecule has 3 N–H and O–H groups in total. The van der Waals surface area contributed by atoms with Crippen molar-refractivity contribution in [2.24, 2.45) is 5.73 Å². The summed E-state index contributed by atoms with van der Waals surface area (Å²) in [5, 5.41) is 3.01. The number of benzene rings is 1. The van der Waals surface area contributed by atoms with Crippen LogP contribution in [0.3, 0.4) is 0 Å². The van der Waals surface area contributed by atoms with Crippen LogP contribution in [0.1, 0.15) is 36.8 Å². The number of hydrogen-bond donors (Lipinski definition) is 2. The van der Waals surface area contributed by atoms with Gasteiger partial charge >= 0.3 is 0 Å². The Labute approximate surface area is 113 Å². The van der Waals surface area contributed by atoms with E-state index in [9.17, 15) is 4.79 Å². The van der Waals surface area contributed by atoms with Crippen molar-refractivity contribution in [3.8, 4) is 5.75 Å². The first kappa shape index (κ1) is 12.5. The molecular formula is C15H20N2O2. The van der Waals surface area contributed by atoms with Gasteiger partial charge in [-0.2, -0.15) is 0 Å². The second-order valence-corrected chi connectivity index (χ2v) is 5.76. The largest absolute Gasteiger partial charge is 0.495 e. The van der Waals surface area contributed by atoms with E-state index in [1.54, 1.807) is 7.11 Å². The van der Waals surface area contributed by atoms with Crippen molar-refractivity contribution in [1.82, 2.24) is 0 Å². The fourth-order valence-electron chi connectivity index (χ4n) is 3.41. The number of hydrogen-bond acceptors (Lipinski definition) is 3. The molecule has 0 bridgehead atoms. The first-order chi connectivity index (χ1) is 9.06. The molecule has 0 unspecified atom stereocenters. The molecule has 2 aliphatic rings. The van der Waals surface area contributed by atoms with Crippen LogP contribution in [0.5, 0.6) is 5.75 Å². The zero-order valence-corrected chi connectivity index (χ0v) is 11.5. The van der Waals surface area contributed by atoms with Crippen molar-refractivity contribution in [2.45, 2.75) is 44.1 Å². The third-order valence-corrected chi connectivity index (χ3v) is 4.54. The molecule has 4 heteroatoms. The second-order valence-electron chi connectivity index (χ2n) is 5.76. The minimum Gasteiger partial charge on any atom is -0.495 e. The van der Waals surface area contributed by atoms with E-state index >= 15 is 0 Å². The van der Waals surface area contributed by atoms with Crippen LogP contribution >= 0.6 is 0 Å². The number of nitrogens with two attached hydrogens (primary N) is 1. The van der Waals surface area contributed by atoms with Gasteiger partial charge in [0.05, 0.1) is 18.2 Å². The SMILES string of the molecule is COc1cc(C)cc2c1NC(=O)C21CCC(N)CC1. The zero-order valence-electron chi connectivity index (χ0n) is 11.5. The van der Waals surface area contributed by atoms with Crippen LogP contribution in [0.2, 0.25) is 0 Å². The molecule has 1 aromatic rings. The summed E-state index contributed by atoms with van der Waals surface area (Å²) in [4.78, 5) is 12.5. The molecule has 1 saturated carbocycles. The summed E-state index contributed by atoms with van der Waals surface area (Å²) in [7, 11) is 1.64. The Morgan fingerprint density at radius 2 is 2.05 bits per heavy atom. The molecule has 1 aliphatic heterocycles. The Hall–Kier alpha value is -1.55. The van der Waals surface area contributed by atoms with Gasteiger partial charge in [0, 0.05) is 6.04 Å². The van der Waals surface area contributed by atoms with Gasteiger partial charge in [-0.3, -0.25) is 4.79 Å². The van der Waals surface area contributed by atoms with Crippen LogP contribution in [-0.4, -0.2) is 19.1 Å². The van der Waals surface area contributed by atoms with Gasteiger partial charge in [0.1, 0.15) is 5.75 Å². The third-order valence-electron chi connectivity index (χ3n) is 4.54. The fraction of sp³-hybridized carbons (Fsp3) is 0.533. The van der Waals surface area contributed by atoms with Crippen molar-refractivity contribution in [1.29, 1.82) is 0 Å². The van der Waals surface area contributed by atoms with Gasteiger partial charge in [0.15, 0.2) is 0 Å². The average Bonchev–Trinajstić information content (AvgIpc) is 2.66. The van der Waals surface area contributed by atoms with Crippen molar-refractivity contribution in [3.05, 3.63) is 23.3 Å². The maximum absolute atomic E-state index is 12.5. The van der Waals surface area contributed by atoms with Crippen LogP contribution < -0.4 is 15.8 Å². The van der Waals surface area contributed by atoms with E-state index in [-0.39, 0.29) is 17.4 Å². The Morgan fingerprint density at radius 3 is 2.68 bits per heavy atom. The number of nitrogens with one attached hydrogen (secondary N) is 1. The number of carbonyl (C=O) groups is 1. The lowest BCUT2D eigenvalue weighted by molar-refractivity contribution is -0.122. The van der Waals surface area contributed by atoms with E-state index in [1.165, 1.54) is 0 Å². The minimum atomic E-state index is -0.384. The summed E-state index contributed by atoms with van der Waals surface area (Å²) < 4.78 is 5.40. The molecular weight excluding hydrogens is 240 g/mol. The molecule has 0 aromatic heterocycles. The van der Waals surface area contributed by atoms with Crippen LogP contribution in [0.15, 0.2) is 12.1 Å². The molecule has 0 saturated heterocycles. The highest BCUT2D eigenvalue weighted by Gasteiger charge is 2.49. The van der Waals surface area contributed by atoms with E-state index in [0.717, 1.165) is 48.2 Å². The zero-order chi connectivity index (χ0) is 13.6. The maximum Gasteiger partial charge on any atom is 0.235 e. The number of ether oxygens (including phenoxy) is 1. The Morgan fingerprint density at radius 1 is 1.37 bits per heavy atom. The summed E-state index contributed by atoms with van der Waals surface area (Å²) >= 11 is 0. The first-order valence-electron chi connectivity index (χ1n) is 6.83. The number of methoxy groups -OCH3 is 1. The number of carbonyl (C=O) groups excluding carboxylic acids is 1. The Kier molecular flexibility index (Phi) is 2.78. The second kappa shape index (κ2) is 4.23. The first-order valence-corrected chi connectivity index (χ1v) is 6.83. The smallest absolute Gasteiger partial charge is 0.235 e. The average molecular weight is 260 g/mol.